The van der Waals surface area contributed by atoms with Crippen LogP contribution < -0.4 is 17.2 Å². The second kappa shape index (κ2) is 7.10. The van der Waals surface area contributed by atoms with Gasteiger partial charge in [0.1, 0.15) is 0 Å². The van der Waals surface area contributed by atoms with E-state index in [-0.39, 0.29) is 22.0 Å². The Bertz CT molecular complexity index is 1100. The summed E-state index contributed by atoms with van der Waals surface area (Å²) < 4.78 is 26.0. The van der Waals surface area contributed by atoms with E-state index in [9.17, 15) is 8.42 Å². The van der Waals surface area contributed by atoms with Gasteiger partial charge in [0.25, 0.3) is 0 Å². The lowest BCUT2D eigenvalue weighted by Crippen LogP contribution is -2.26. The van der Waals surface area contributed by atoms with E-state index < -0.39 is 9.84 Å². The highest BCUT2D eigenvalue weighted by molar-refractivity contribution is 7.92. The maximum absolute atomic E-state index is 12.6. The van der Waals surface area contributed by atoms with Gasteiger partial charge in [-0.2, -0.15) is 4.99 Å². The van der Waals surface area contributed by atoms with E-state index in [0.717, 1.165) is 11.3 Å². The van der Waals surface area contributed by atoms with E-state index in [1.54, 1.807) is 42.5 Å². The minimum absolute atomic E-state index is 0.0645. The molecule has 0 aliphatic carbocycles. The van der Waals surface area contributed by atoms with Gasteiger partial charge in [-0.15, -0.1) is 11.3 Å². The van der Waals surface area contributed by atoms with E-state index in [1.165, 1.54) is 0 Å². The number of thiazole rings is 1. The Balaban J connectivity index is 1.93. The van der Waals surface area contributed by atoms with Crippen molar-refractivity contribution in [3.8, 4) is 0 Å². The summed E-state index contributed by atoms with van der Waals surface area (Å²) in [6.07, 6.45) is 0. The third-order valence-corrected chi connectivity index (χ3v) is 6.47. The van der Waals surface area contributed by atoms with Gasteiger partial charge in [0.2, 0.25) is 20.1 Å². The Labute approximate surface area is 154 Å². The standard InChI is InChI=1S/C16H16N6O2S2/c17-14(18)22-15(19)20-11-6-7-12-13(8-11)25-16(21-12)26(23,24)9-10-4-2-1-3-5-10/h1-8H,9H2,(H6,17,18,19,20,22). The Kier molecular flexibility index (Phi) is 4.87. The summed E-state index contributed by atoms with van der Waals surface area (Å²) in [5.74, 6) is -0.388. The lowest BCUT2D eigenvalue weighted by Gasteiger charge is -2.00. The molecule has 0 spiro atoms. The van der Waals surface area contributed by atoms with Gasteiger partial charge < -0.3 is 17.2 Å². The molecular weight excluding hydrogens is 372 g/mol. The molecule has 3 rings (SSSR count). The Morgan fingerprint density at radius 1 is 1.08 bits per heavy atom. The zero-order chi connectivity index (χ0) is 18.7. The van der Waals surface area contributed by atoms with Gasteiger partial charge in [-0.05, 0) is 23.8 Å². The minimum Gasteiger partial charge on any atom is -0.370 e. The zero-order valence-corrected chi connectivity index (χ0v) is 15.2. The van der Waals surface area contributed by atoms with Crippen molar-refractivity contribution in [3.05, 3.63) is 54.1 Å². The largest absolute Gasteiger partial charge is 0.370 e. The van der Waals surface area contributed by atoms with Crippen LogP contribution in [0.25, 0.3) is 10.2 Å². The number of nitrogens with zero attached hydrogens (tertiary/aromatic N) is 3. The van der Waals surface area contributed by atoms with Crippen LogP contribution in [0.3, 0.4) is 0 Å². The number of fused-ring (bicyclic) bond motifs is 1. The van der Waals surface area contributed by atoms with Crippen LogP contribution in [-0.2, 0) is 15.6 Å². The molecule has 2 aromatic carbocycles. The molecule has 6 N–H and O–H groups in total. The predicted octanol–water partition coefficient (Wildman–Crippen LogP) is 1.49. The maximum atomic E-state index is 12.6. The number of aliphatic imine (C=N–C) groups is 2. The van der Waals surface area contributed by atoms with Crippen LogP contribution in [0.4, 0.5) is 5.69 Å². The Hall–Kier alpha value is -2.98. The predicted molar refractivity (Wildman–Crippen MR) is 104 cm³/mol. The molecule has 134 valence electrons. The minimum atomic E-state index is -3.54. The molecule has 1 aromatic heterocycles. The third-order valence-electron chi connectivity index (χ3n) is 3.31. The first-order valence-electron chi connectivity index (χ1n) is 7.44. The van der Waals surface area contributed by atoms with Crippen molar-refractivity contribution in [2.75, 3.05) is 0 Å². The fourth-order valence-electron chi connectivity index (χ4n) is 2.24. The number of sulfone groups is 1. The van der Waals surface area contributed by atoms with Gasteiger partial charge in [0, 0.05) is 0 Å². The van der Waals surface area contributed by atoms with E-state index in [2.05, 4.69) is 15.0 Å². The van der Waals surface area contributed by atoms with Crippen LogP contribution in [0.15, 0.2) is 62.9 Å². The van der Waals surface area contributed by atoms with Crippen molar-refractivity contribution in [3.63, 3.8) is 0 Å². The van der Waals surface area contributed by atoms with Crippen LogP contribution in [0.1, 0.15) is 5.56 Å². The second-order valence-electron chi connectivity index (χ2n) is 5.38. The molecular formula is C16H16N6O2S2. The molecule has 0 bridgehead atoms. The lowest BCUT2D eigenvalue weighted by atomic mass is 10.2. The molecule has 0 radical (unpaired) electrons. The number of guanidine groups is 2. The van der Waals surface area contributed by atoms with E-state index in [1.807, 2.05) is 6.07 Å². The van der Waals surface area contributed by atoms with Gasteiger partial charge in [-0.3, -0.25) is 0 Å². The monoisotopic (exact) mass is 388 g/mol. The first-order valence-corrected chi connectivity index (χ1v) is 9.91. The fraction of sp³-hybridized carbons (Fsp3) is 0.0625. The van der Waals surface area contributed by atoms with Crippen molar-refractivity contribution in [2.45, 2.75) is 10.1 Å². The maximum Gasteiger partial charge on any atom is 0.223 e. The normalized spacial score (nSPS) is 12.2. The first-order chi connectivity index (χ1) is 12.3. The summed E-state index contributed by atoms with van der Waals surface area (Å²) in [6, 6.07) is 14.0. The summed E-state index contributed by atoms with van der Waals surface area (Å²) in [6.45, 7) is 0. The van der Waals surface area contributed by atoms with Crippen LogP contribution in [0.5, 0.6) is 0 Å². The molecule has 0 aliphatic rings. The number of aromatic nitrogens is 1. The highest BCUT2D eigenvalue weighted by atomic mass is 32.2. The van der Waals surface area contributed by atoms with Crippen molar-refractivity contribution in [1.29, 1.82) is 0 Å². The Morgan fingerprint density at radius 2 is 1.81 bits per heavy atom. The van der Waals surface area contributed by atoms with Crippen molar-refractivity contribution < 1.29 is 8.42 Å². The average molecular weight is 388 g/mol. The van der Waals surface area contributed by atoms with E-state index >= 15 is 0 Å². The highest BCUT2D eigenvalue weighted by Crippen LogP contribution is 2.30. The van der Waals surface area contributed by atoms with Crippen molar-refractivity contribution >= 4 is 49.0 Å². The van der Waals surface area contributed by atoms with Crippen LogP contribution in [0.2, 0.25) is 0 Å². The molecule has 10 heteroatoms. The van der Waals surface area contributed by atoms with Crippen molar-refractivity contribution in [1.82, 2.24) is 4.98 Å². The molecule has 8 nitrogen and oxygen atoms in total. The summed E-state index contributed by atoms with van der Waals surface area (Å²) in [7, 11) is -3.54. The molecule has 0 aliphatic heterocycles. The third kappa shape index (κ3) is 4.16. The average Bonchev–Trinajstić information content (AvgIpc) is 2.99. The summed E-state index contributed by atoms with van der Waals surface area (Å²) in [4.78, 5) is 11.9. The van der Waals surface area contributed by atoms with Crippen molar-refractivity contribution in [2.24, 2.45) is 27.2 Å². The topological polar surface area (TPSA) is 150 Å². The van der Waals surface area contributed by atoms with E-state index in [0.29, 0.717) is 21.5 Å². The molecule has 0 saturated carbocycles. The van der Waals surface area contributed by atoms with Crippen LogP contribution in [-0.4, -0.2) is 25.3 Å². The summed E-state index contributed by atoms with van der Waals surface area (Å²) in [5.41, 5.74) is 17.9. The summed E-state index contributed by atoms with van der Waals surface area (Å²) in [5, 5.41) is 0. The molecule has 3 aromatic rings. The molecule has 0 unspecified atom stereocenters. The number of hydrogen-bond donors (Lipinski definition) is 3. The molecule has 0 atom stereocenters. The first kappa shape index (κ1) is 17.8. The van der Waals surface area contributed by atoms with Gasteiger partial charge in [0.05, 0.1) is 21.7 Å². The fourth-order valence-corrected chi connectivity index (χ4v) is 4.92. The number of rotatable bonds is 4. The lowest BCUT2D eigenvalue weighted by molar-refractivity contribution is 0.594. The molecule has 0 amide bonds. The SMILES string of the molecule is NC(N)=NC(N)=Nc1ccc2nc(S(=O)(=O)Cc3ccccc3)sc2c1. The van der Waals surface area contributed by atoms with Gasteiger partial charge in [-0.25, -0.2) is 18.4 Å². The van der Waals surface area contributed by atoms with Gasteiger partial charge >= 0.3 is 0 Å². The number of benzene rings is 2. The molecule has 0 saturated heterocycles. The van der Waals surface area contributed by atoms with Crippen LogP contribution >= 0.6 is 11.3 Å². The smallest absolute Gasteiger partial charge is 0.223 e. The zero-order valence-electron chi connectivity index (χ0n) is 13.5. The molecule has 26 heavy (non-hydrogen) atoms. The molecule has 1 heterocycles. The van der Waals surface area contributed by atoms with Crippen LogP contribution in [0, 0.1) is 0 Å². The highest BCUT2D eigenvalue weighted by Gasteiger charge is 2.20. The second-order valence-corrected chi connectivity index (χ2v) is 8.58. The number of hydrogen-bond acceptors (Lipinski definition) is 5. The Morgan fingerprint density at radius 3 is 2.50 bits per heavy atom. The summed E-state index contributed by atoms with van der Waals surface area (Å²) >= 11 is 1.08. The van der Waals surface area contributed by atoms with Gasteiger partial charge in [-0.1, -0.05) is 30.3 Å². The number of nitrogens with two attached hydrogens (primary N) is 3. The van der Waals surface area contributed by atoms with E-state index in [4.69, 9.17) is 17.2 Å². The quantitative estimate of drug-likeness (QED) is 0.455. The van der Waals surface area contributed by atoms with Gasteiger partial charge in [0.15, 0.2) is 5.96 Å². The molecule has 0 fully saturated rings.